The maximum Gasteiger partial charge on any atom is 0.310 e. The van der Waals surface area contributed by atoms with E-state index in [1.807, 2.05) is 13.8 Å². The number of carboxylic acids is 1. The Kier molecular flexibility index (Phi) is 6.13. The van der Waals surface area contributed by atoms with E-state index in [-0.39, 0.29) is 0 Å². The van der Waals surface area contributed by atoms with Gasteiger partial charge < -0.3 is 15.2 Å². The van der Waals surface area contributed by atoms with Gasteiger partial charge in [0.05, 0.1) is 12.0 Å². The van der Waals surface area contributed by atoms with Gasteiger partial charge in [0.15, 0.2) is 0 Å². The molecule has 0 amide bonds. The Morgan fingerprint density at radius 3 is 2.24 bits per heavy atom. The first kappa shape index (κ1) is 16.4. The van der Waals surface area contributed by atoms with Crippen molar-refractivity contribution in [2.45, 2.75) is 47.1 Å². The fourth-order valence-electron chi connectivity index (χ4n) is 1.24. The summed E-state index contributed by atoms with van der Waals surface area (Å²) < 4.78 is 5.45. The van der Waals surface area contributed by atoms with Gasteiger partial charge in [-0.3, -0.25) is 4.79 Å². The number of carboxylic acid groups (broad SMARTS) is 1. The first-order valence-electron chi connectivity index (χ1n) is 6.17. The van der Waals surface area contributed by atoms with E-state index in [0.717, 1.165) is 6.61 Å². The van der Waals surface area contributed by atoms with Crippen molar-refractivity contribution >= 4 is 5.97 Å². The summed E-state index contributed by atoms with van der Waals surface area (Å²) in [4.78, 5) is 11.2. The van der Waals surface area contributed by atoms with Gasteiger partial charge in [-0.2, -0.15) is 0 Å². The molecule has 0 saturated heterocycles. The van der Waals surface area contributed by atoms with Crippen LogP contribution < -0.4 is 5.32 Å². The molecule has 0 aliphatic rings. The summed E-state index contributed by atoms with van der Waals surface area (Å²) in [7, 11) is 0. The van der Waals surface area contributed by atoms with Crippen LogP contribution in [0.25, 0.3) is 0 Å². The molecule has 4 heteroatoms. The third-order valence-electron chi connectivity index (χ3n) is 3.36. The average Bonchev–Trinajstić information content (AvgIpc) is 2.15. The molecule has 0 fully saturated rings. The van der Waals surface area contributed by atoms with E-state index in [1.165, 1.54) is 0 Å². The normalized spacial score (nSPS) is 13.1. The summed E-state index contributed by atoms with van der Waals surface area (Å²) in [6.07, 6.45) is 0. The minimum Gasteiger partial charge on any atom is -0.481 e. The van der Waals surface area contributed by atoms with Gasteiger partial charge in [-0.25, -0.2) is 0 Å². The van der Waals surface area contributed by atoms with Crippen molar-refractivity contribution in [1.82, 2.24) is 5.32 Å². The highest BCUT2D eigenvalue weighted by Gasteiger charge is 2.42. The zero-order valence-electron chi connectivity index (χ0n) is 12.0. The summed E-state index contributed by atoms with van der Waals surface area (Å²) in [5, 5.41) is 12.4. The van der Waals surface area contributed by atoms with Crippen molar-refractivity contribution < 1.29 is 14.6 Å². The smallest absolute Gasteiger partial charge is 0.310 e. The van der Waals surface area contributed by atoms with Gasteiger partial charge in [0.1, 0.15) is 0 Å². The zero-order valence-corrected chi connectivity index (χ0v) is 12.0. The van der Waals surface area contributed by atoms with E-state index in [2.05, 4.69) is 19.2 Å². The summed E-state index contributed by atoms with van der Waals surface area (Å²) in [5.41, 5.74) is -1.29. The molecule has 0 aromatic rings. The third-order valence-corrected chi connectivity index (χ3v) is 3.36. The molecule has 0 aromatic carbocycles. The number of rotatable bonds is 8. The minimum absolute atomic E-state index is 0.472. The number of ether oxygens (including phenoxy) is 1. The first-order chi connectivity index (χ1) is 7.61. The Morgan fingerprint density at radius 2 is 1.82 bits per heavy atom. The summed E-state index contributed by atoms with van der Waals surface area (Å²) >= 11 is 0. The topological polar surface area (TPSA) is 58.6 Å². The molecule has 0 saturated carbocycles. The van der Waals surface area contributed by atoms with Crippen LogP contribution in [0.2, 0.25) is 0 Å². The highest BCUT2D eigenvalue weighted by molar-refractivity contribution is 5.75. The van der Waals surface area contributed by atoms with Crippen LogP contribution in [0.15, 0.2) is 0 Å². The Balaban J connectivity index is 4.06. The van der Waals surface area contributed by atoms with Crippen molar-refractivity contribution in [2.75, 3.05) is 19.8 Å². The number of hydrogen-bond donors (Lipinski definition) is 2. The lowest BCUT2D eigenvalue weighted by atomic mass is 9.74. The molecule has 0 rings (SSSR count). The lowest BCUT2D eigenvalue weighted by molar-refractivity contribution is -0.151. The SMILES string of the molecule is CC(C)COCCNC(C)(C)C(C)(C)C(=O)O. The molecule has 0 heterocycles. The van der Waals surface area contributed by atoms with Crippen LogP contribution in [0.4, 0.5) is 0 Å². The lowest BCUT2D eigenvalue weighted by Gasteiger charge is -2.39. The van der Waals surface area contributed by atoms with Gasteiger partial charge in [0.25, 0.3) is 0 Å². The molecule has 2 N–H and O–H groups in total. The molecular formula is C13H27NO3. The van der Waals surface area contributed by atoms with Gasteiger partial charge in [-0.1, -0.05) is 13.8 Å². The van der Waals surface area contributed by atoms with Crippen molar-refractivity contribution in [3.05, 3.63) is 0 Å². The minimum atomic E-state index is -0.814. The molecule has 0 bridgehead atoms. The standard InChI is InChI=1S/C13H27NO3/c1-10(2)9-17-8-7-14-13(5,6)12(3,4)11(15)16/h10,14H,7-9H2,1-6H3,(H,15,16). The van der Waals surface area contributed by atoms with Crippen LogP contribution in [0, 0.1) is 11.3 Å². The summed E-state index contributed by atoms with van der Waals surface area (Å²) in [6.45, 7) is 13.5. The van der Waals surface area contributed by atoms with Crippen LogP contribution in [-0.4, -0.2) is 36.4 Å². The molecule has 0 aliphatic heterocycles. The number of nitrogens with one attached hydrogen (secondary N) is 1. The summed E-state index contributed by atoms with van der Waals surface area (Å²) in [6, 6.07) is 0. The Labute approximate surface area is 105 Å². The molecule has 4 nitrogen and oxygen atoms in total. The predicted octanol–water partition coefficient (Wildman–Crippen LogP) is 2.14. The van der Waals surface area contributed by atoms with Crippen LogP contribution in [-0.2, 0) is 9.53 Å². The van der Waals surface area contributed by atoms with Crippen molar-refractivity contribution in [1.29, 1.82) is 0 Å². The van der Waals surface area contributed by atoms with Crippen LogP contribution in [0.5, 0.6) is 0 Å². The van der Waals surface area contributed by atoms with Crippen molar-refractivity contribution in [3.63, 3.8) is 0 Å². The van der Waals surface area contributed by atoms with E-state index in [4.69, 9.17) is 4.74 Å². The first-order valence-corrected chi connectivity index (χ1v) is 6.17. The Morgan fingerprint density at radius 1 is 1.29 bits per heavy atom. The molecule has 0 aromatic heterocycles. The molecule has 102 valence electrons. The fourth-order valence-corrected chi connectivity index (χ4v) is 1.24. The molecule has 0 atom stereocenters. The predicted molar refractivity (Wildman–Crippen MR) is 69.2 cm³/mol. The van der Waals surface area contributed by atoms with E-state index in [9.17, 15) is 9.90 Å². The second-order valence-electron chi connectivity index (χ2n) is 5.95. The summed E-state index contributed by atoms with van der Waals surface area (Å²) in [5.74, 6) is -0.267. The third kappa shape index (κ3) is 5.04. The maximum absolute atomic E-state index is 11.2. The lowest BCUT2D eigenvalue weighted by Crippen LogP contribution is -2.55. The largest absolute Gasteiger partial charge is 0.481 e. The van der Waals surface area contributed by atoms with Gasteiger partial charge in [0, 0.05) is 18.7 Å². The molecule has 17 heavy (non-hydrogen) atoms. The second kappa shape index (κ2) is 6.36. The van der Waals surface area contributed by atoms with Gasteiger partial charge in [-0.05, 0) is 33.6 Å². The Bertz CT molecular complexity index is 247. The number of aliphatic carboxylic acids is 1. The highest BCUT2D eigenvalue weighted by atomic mass is 16.5. The van der Waals surface area contributed by atoms with Crippen molar-refractivity contribution in [3.8, 4) is 0 Å². The molecular weight excluding hydrogens is 218 g/mol. The van der Waals surface area contributed by atoms with Crippen LogP contribution >= 0.6 is 0 Å². The quantitative estimate of drug-likeness (QED) is 0.643. The zero-order chi connectivity index (χ0) is 13.7. The van der Waals surface area contributed by atoms with Gasteiger partial charge >= 0.3 is 5.97 Å². The highest BCUT2D eigenvalue weighted by Crippen LogP contribution is 2.30. The van der Waals surface area contributed by atoms with E-state index < -0.39 is 16.9 Å². The molecule has 0 unspecified atom stereocenters. The van der Waals surface area contributed by atoms with Crippen LogP contribution in [0.1, 0.15) is 41.5 Å². The van der Waals surface area contributed by atoms with Gasteiger partial charge in [-0.15, -0.1) is 0 Å². The van der Waals surface area contributed by atoms with Crippen molar-refractivity contribution in [2.24, 2.45) is 11.3 Å². The van der Waals surface area contributed by atoms with Crippen LogP contribution in [0.3, 0.4) is 0 Å². The molecule has 0 aliphatic carbocycles. The number of hydrogen-bond acceptors (Lipinski definition) is 3. The van der Waals surface area contributed by atoms with E-state index in [0.29, 0.717) is 19.1 Å². The fraction of sp³-hybridized carbons (Fsp3) is 0.923. The second-order valence-corrected chi connectivity index (χ2v) is 5.95. The molecule has 0 radical (unpaired) electrons. The monoisotopic (exact) mass is 245 g/mol. The van der Waals surface area contributed by atoms with E-state index >= 15 is 0 Å². The average molecular weight is 245 g/mol. The van der Waals surface area contributed by atoms with E-state index in [1.54, 1.807) is 13.8 Å². The molecule has 0 spiro atoms. The Hall–Kier alpha value is -0.610. The number of carbonyl (C=O) groups is 1. The van der Waals surface area contributed by atoms with Gasteiger partial charge in [0.2, 0.25) is 0 Å². The maximum atomic E-state index is 11.2.